The molecule has 96 valence electrons. The maximum Gasteiger partial charge on any atom is 0.0343 e. The first-order chi connectivity index (χ1) is 8.75. The zero-order valence-corrected chi connectivity index (χ0v) is 11.8. The second kappa shape index (κ2) is 6.57. The van der Waals surface area contributed by atoms with Crippen molar-refractivity contribution in [3.8, 4) is 0 Å². The minimum absolute atomic E-state index is 0.952. The van der Waals surface area contributed by atoms with Crippen LogP contribution in [0.5, 0.6) is 0 Å². The van der Waals surface area contributed by atoms with E-state index >= 15 is 0 Å². The quantitative estimate of drug-likeness (QED) is 0.776. The Bertz CT molecular complexity index is 477. The van der Waals surface area contributed by atoms with Crippen molar-refractivity contribution in [2.24, 2.45) is 0 Å². The predicted molar refractivity (Wildman–Crippen MR) is 80.4 cm³/mol. The highest BCUT2D eigenvalue weighted by Gasteiger charge is 1.96. The zero-order chi connectivity index (χ0) is 12.8. The van der Waals surface area contributed by atoms with Gasteiger partial charge in [-0.3, -0.25) is 0 Å². The predicted octanol–water partition coefficient (Wildman–Crippen LogP) is 3.57. The molecule has 0 aliphatic heterocycles. The summed E-state index contributed by atoms with van der Waals surface area (Å²) in [7, 11) is 0. The minimum atomic E-state index is 0.952. The summed E-state index contributed by atoms with van der Waals surface area (Å²) in [5.41, 5.74) is 3.89. The maximum atomic E-state index is 3.43. The lowest BCUT2D eigenvalue weighted by molar-refractivity contribution is 0.714. The molecule has 1 heterocycles. The molecule has 0 saturated heterocycles. The number of rotatable bonds is 6. The van der Waals surface area contributed by atoms with E-state index in [9.17, 15) is 0 Å². The fraction of sp³-hybridized carbons (Fsp3) is 0.333. The van der Waals surface area contributed by atoms with Gasteiger partial charge in [0, 0.05) is 30.2 Å². The zero-order valence-electron chi connectivity index (χ0n) is 11.0. The average molecular weight is 260 g/mol. The molecule has 0 aliphatic rings. The normalized spacial score (nSPS) is 10.6. The Hall–Kier alpha value is -1.32. The van der Waals surface area contributed by atoms with Gasteiger partial charge in [-0.05, 0) is 48.6 Å². The summed E-state index contributed by atoms with van der Waals surface area (Å²) in [4.78, 5) is 1.39. The van der Waals surface area contributed by atoms with Crippen LogP contribution < -0.4 is 10.6 Å². The fourth-order valence-corrected chi connectivity index (χ4v) is 2.45. The molecule has 2 N–H and O–H groups in total. The van der Waals surface area contributed by atoms with Crippen LogP contribution >= 0.6 is 11.3 Å². The molecule has 0 bridgehead atoms. The SMILES string of the molecule is Cc1ccc(NCCNCc2cccs2)cc1C. The van der Waals surface area contributed by atoms with E-state index in [1.54, 1.807) is 11.3 Å². The molecule has 0 spiro atoms. The molecule has 1 aromatic heterocycles. The summed E-state index contributed by atoms with van der Waals surface area (Å²) >= 11 is 1.80. The Morgan fingerprint density at radius 2 is 1.94 bits per heavy atom. The number of anilines is 1. The third-order valence-electron chi connectivity index (χ3n) is 3.02. The van der Waals surface area contributed by atoms with Crippen LogP contribution in [0.4, 0.5) is 5.69 Å². The Morgan fingerprint density at radius 3 is 2.67 bits per heavy atom. The Kier molecular flexibility index (Phi) is 4.79. The van der Waals surface area contributed by atoms with Crippen molar-refractivity contribution in [3.63, 3.8) is 0 Å². The van der Waals surface area contributed by atoms with Crippen LogP contribution in [0.25, 0.3) is 0 Å². The molecule has 0 radical (unpaired) electrons. The monoisotopic (exact) mass is 260 g/mol. The molecule has 18 heavy (non-hydrogen) atoms. The van der Waals surface area contributed by atoms with E-state index in [4.69, 9.17) is 0 Å². The van der Waals surface area contributed by atoms with Crippen molar-refractivity contribution in [3.05, 3.63) is 51.7 Å². The summed E-state index contributed by atoms with van der Waals surface area (Å²) in [6.45, 7) is 7.18. The number of aryl methyl sites for hydroxylation is 2. The van der Waals surface area contributed by atoms with Crippen molar-refractivity contribution >= 4 is 17.0 Å². The van der Waals surface area contributed by atoms with E-state index in [1.807, 2.05) is 0 Å². The largest absolute Gasteiger partial charge is 0.384 e. The summed E-state index contributed by atoms with van der Waals surface area (Å²) in [5.74, 6) is 0. The van der Waals surface area contributed by atoms with Crippen molar-refractivity contribution in [1.29, 1.82) is 0 Å². The van der Waals surface area contributed by atoms with Crippen LogP contribution in [-0.2, 0) is 6.54 Å². The van der Waals surface area contributed by atoms with E-state index < -0.39 is 0 Å². The Labute approximate surface area is 113 Å². The lowest BCUT2D eigenvalue weighted by Crippen LogP contribution is -2.21. The summed E-state index contributed by atoms with van der Waals surface area (Å²) in [6, 6.07) is 10.8. The van der Waals surface area contributed by atoms with Crippen LogP contribution in [0, 0.1) is 13.8 Å². The summed E-state index contributed by atoms with van der Waals surface area (Å²) in [6.07, 6.45) is 0. The molecule has 0 aliphatic carbocycles. The standard InChI is InChI=1S/C15H20N2S/c1-12-5-6-14(10-13(12)2)17-8-7-16-11-15-4-3-9-18-15/h3-6,9-10,16-17H,7-8,11H2,1-2H3. The van der Waals surface area contributed by atoms with Crippen molar-refractivity contribution in [2.45, 2.75) is 20.4 Å². The Balaban J connectivity index is 1.67. The average Bonchev–Trinajstić information content (AvgIpc) is 2.86. The van der Waals surface area contributed by atoms with E-state index in [-0.39, 0.29) is 0 Å². The molecule has 0 saturated carbocycles. The second-order valence-electron chi connectivity index (χ2n) is 4.48. The molecule has 0 unspecified atom stereocenters. The first kappa shape index (κ1) is 13.1. The van der Waals surface area contributed by atoms with Gasteiger partial charge in [0.15, 0.2) is 0 Å². The highest BCUT2D eigenvalue weighted by Crippen LogP contribution is 2.13. The summed E-state index contributed by atoms with van der Waals surface area (Å²) < 4.78 is 0. The van der Waals surface area contributed by atoms with Crippen molar-refractivity contribution in [2.75, 3.05) is 18.4 Å². The van der Waals surface area contributed by atoms with Crippen LogP contribution in [-0.4, -0.2) is 13.1 Å². The number of hydrogen-bond donors (Lipinski definition) is 2. The van der Waals surface area contributed by atoms with Gasteiger partial charge in [-0.2, -0.15) is 0 Å². The molecule has 2 nitrogen and oxygen atoms in total. The van der Waals surface area contributed by atoms with Gasteiger partial charge in [0.1, 0.15) is 0 Å². The van der Waals surface area contributed by atoms with Gasteiger partial charge in [-0.25, -0.2) is 0 Å². The lowest BCUT2D eigenvalue weighted by atomic mass is 10.1. The van der Waals surface area contributed by atoms with Gasteiger partial charge in [0.25, 0.3) is 0 Å². The third kappa shape index (κ3) is 3.86. The molecule has 0 atom stereocenters. The van der Waals surface area contributed by atoms with Crippen molar-refractivity contribution in [1.82, 2.24) is 5.32 Å². The van der Waals surface area contributed by atoms with E-state index in [0.29, 0.717) is 0 Å². The van der Waals surface area contributed by atoms with Crippen LogP contribution in [0.2, 0.25) is 0 Å². The molecule has 0 amide bonds. The van der Waals surface area contributed by atoms with Gasteiger partial charge in [-0.15, -0.1) is 11.3 Å². The highest BCUT2D eigenvalue weighted by atomic mass is 32.1. The smallest absolute Gasteiger partial charge is 0.0343 e. The molecule has 1 aromatic carbocycles. The maximum absolute atomic E-state index is 3.43. The van der Waals surface area contributed by atoms with Gasteiger partial charge in [0.2, 0.25) is 0 Å². The van der Waals surface area contributed by atoms with Crippen LogP contribution in [0.15, 0.2) is 35.7 Å². The first-order valence-electron chi connectivity index (χ1n) is 6.30. The van der Waals surface area contributed by atoms with Crippen LogP contribution in [0.3, 0.4) is 0 Å². The third-order valence-corrected chi connectivity index (χ3v) is 3.89. The second-order valence-corrected chi connectivity index (χ2v) is 5.51. The van der Waals surface area contributed by atoms with Gasteiger partial charge in [0.05, 0.1) is 0 Å². The molecular formula is C15H20N2S. The molecule has 2 rings (SSSR count). The Morgan fingerprint density at radius 1 is 1.06 bits per heavy atom. The molecule has 3 heteroatoms. The van der Waals surface area contributed by atoms with Gasteiger partial charge in [-0.1, -0.05) is 12.1 Å². The van der Waals surface area contributed by atoms with Gasteiger partial charge >= 0.3 is 0 Å². The van der Waals surface area contributed by atoms with E-state index in [2.05, 4.69) is 60.2 Å². The first-order valence-corrected chi connectivity index (χ1v) is 7.18. The van der Waals surface area contributed by atoms with Crippen molar-refractivity contribution < 1.29 is 0 Å². The highest BCUT2D eigenvalue weighted by molar-refractivity contribution is 7.09. The van der Waals surface area contributed by atoms with E-state index in [1.165, 1.54) is 21.7 Å². The minimum Gasteiger partial charge on any atom is -0.384 e. The summed E-state index contributed by atoms with van der Waals surface area (Å²) in [5, 5.41) is 8.98. The number of thiophene rings is 1. The van der Waals surface area contributed by atoms with Gasteiger partial charge < -0.3 is 10.6 Å². The molecule has 2 aromatic rings. The lowest BCUT2D eigenvalue weighted by Gasteiger charge is -2.09. The fourth-order valence-electron chi connectivity index (χ4n) is 1.77. The number of benzene rings is 1. The van der Waals surface area contributed by atoms with Crippen LogP contribution in [0.1, 0.15) is 16.0 Å². The molecular weight excluding hydrogens is 240 g/mol. The molecule has 0 fully saturated rings. The number of nitrogens with one attached hydrogen (secondary N) is 2. The van der Waals surface area contributed by atoms with E-state index in [0.717, 1.165) is 19.6 Å². The number of hydrogen-bond acceptors (Lipinski definition) is 3. The topological polar surface area (TPSA) is 24.1 Å².